The lowest BCUT2D eigenvalue weighted by Gasteiger charge is -2.30. The molecule has 3 atom stereocenters. The maximum Gasteiger partial charge on any atom is 0.237 e. The smallest absolute Gasteiger partial charge is 0.237 e. The van der Waals surface area contributed by atoms with Crippen molar-refractivity contribution in [2.24, 2.45) is 23.5 Å². The van der Waals surface area contributed by atoms with Crippen LogP contribution < -0.4 is 11.1 Å². The Morgan fingerprint density at radius 2 is 1.95 bits per heavy atom. The molecular weight excluding hydrogens is 240 g/mol. The van der Waals surface area contributed by atoms with Crippen molar-refractivity contribution in [1.29, 1.82) is 0 Å². The number of rotatable bonds is 4. The van der Waals surface area contributed by atoms with Crippen molar-refractivity contribution in [3.8, 4) is 0 Å². The summed E-state index contributed by atoms with van der Waals surface area (Å²) in [5, 5.41) is 3.08. The van der Waals surface area contributed by atoms with Gasteiger partial charge in [-0.25, -0.2) is 0 Å². The van der Waals surface area contributed by atoms with Crippen LogP contribution in [0, 0.1) is 17.8 Å². The standard InChI is InChI=1S/C15H28N2O2/c1-11-4-2-3-5-13(11)10-17-15(18)14(16)12-6-8-19-9-7-12/h11-14H,2-10,16H2,1H3,(H,17,18). The third-order valence-corrected chi connectivity index (χ3v) is 4.90. The van der Waals surface area contributed by atoms with Crippen molar-refractivity contribution in [2.75, 3.05) is 19.8 Å². The minimum absolute atomic E-state index is 0.0321. The summed E-state index contributed by atoms with van der Waals surface area (Å²) in [6.07, 6.45) is 7.01. The molecule has 3 N–H and O–H groups in total. The molecule has 2 aliphatic rings. The number of nitrogens with one attached hydrogen (secondary N) is 1. The van der Waals surface area contributed by atoms with Crippen LogP contribution >= 0.6 is 0 Å². The predicted octanol–water partition coefficient (Wildman–Crippen LogP) is 1.68. The molecule has 0 spiro atoms. The Morgan fingerprint density at radius 3 is 2.63 bits per heavy atom. The zero-order chi connectivity index (χ0) is 13.7. The molecule has 110 valence electrons. The number of nitrogens with two attached hydrogens (primary N) is 1. The Bertz CT molecular complexity index is 290. The first-order valence-electron chi connectivity index (χ1n) is 7.79. The average molecular weight is 268 g/mol. The first kappa shape index (κ1) is 14.8. The molecule has 0 radical (unpaired) electrons. The van der Waals surface area contributed by atoms with E-state index in [-0.39, 0.29) is 17.9 Å². The van der Waals surface area contributed by atoms with E-state index in [0.717, 1.165) is 38.5 Å². The minimum atomic E-state index is -0.359. The first-order valence-corrected chi connectivity index (χ1v) is 7.79. The fourth-order valence-electron chi connectivity index (χ4n) is 3.33. The number of ether oxygens (including phenoxy) is 1. The average Bonchev–Trinajstić information content (AvgIpc) is 2.46. The summed E-state index contributed by atoms with van der Waals surface area (Å²) in [4.78, 5) is 12.1. The van der Waals surface area contributed by atoms with Crippen LogP contribution in [0.15, 0.2) is 0 Å². The minimum Gasteiger partial charge on any atom is -0.381 e. The number of carbonyl (C=O) groups is 1. The molecule has 1 aliphatic carbocycles. The molecule has 1 amide bonds. The van der Waals surface area contributed by atoms with Crippen LogP contribution in [0.4, 0.5) is 0 Å². The molecule has 0 aromatic heterocycles. The Labute approximate surface area is 116 Å². The third-order valence-electron chi connectivity index (χ3n) is 4.90. The number of hydrogen-bond acceptors (Lipinski definition) is 3. The summed E-state index contributed by atoms with van der Waals surface area (Å²) in [6.45, 7) is 4.59. The van der Waals surface area contributed by atoms with E-state index in [0.29, 0.717) is 5.92 Å². The molecule has 19 heavy (non-hydrogen) atoms. The lowest BCUT2D eigenvalue weighted by Crippen LogP contribution is -2.48. The summed E-state index contributed by atoms with van der Waals surface area (Å²) in [5.41, 5.74) is 6.07. The molecule has 0 aromatic carbocycles. The van der Waals surface area contributed by atoms with Gasteiger partial charge in [0.25, 0.3) is 0 Å². The molecular formula is C15H28N2O2. The Kier molecular flexibility index (Phi) is 5.64. The van der Waals surface area contributed by atoms with Gasteiger partial charge in [-0.05, 0) is 37.0 Å². The molecule has 1 heterocycles. The monoisotopic (exact) mass is 268 g/mol. The topological polar surface area (TPSA) is 64.4 Å². The van der Waals surface area contributed by atoms with Crippen molar-refractivity contribution in [1.82, 2.24) is 5.32 Å². The molecule has 1 saturated heterocycles. The number of carbonyl (C=O) groups excluding carboxylic acids is 1. The van der Waals surface area contributed by atoms with Gasteiger partial charge in [-0.15, -0.1) is 0 Å². The van der Waals surface area contributed by atoms with Gasteiger partial charge in [-0.3, -0.25) is 4.79 Å². The van der Waals surface area contributed by atoms with E-state index < -0.39 is 0 Å². The SMILES string of the molecule is CC1CCCCC1CNC(=O)C(N)C1CCOCC1. The summed E-state index contributed by atoms with van der Waals surface area (Å²) in [6, 6.07) is -0.359. The quantitative estimate of drug-likeness (QED) is 0.815. The molecule has 2 fully saturated rings. The van der Waals surface area contributed by atoms with Crippen molar-refractivity contribution in [3.05, 3.63) is 0 Å². The van der Waals surface area contributed by atoms with E-state index in [1.807, 2.05) is 0 Å². The van der Waals surface area contributed by atoms with Gasteiger partial charge in [0.15, 0.2) is 0 Å². The highest BCUT2D eigenvalue weighted by Crippen LogP contribution is 2.29. The van der Waals surface area contributed by atoms with E-state index in [9.17, 15) is 4.79 Å². The van der Waals surface area contributed by atoms with Crippen LogP contribution in [0.5, 0.6) is 0 Å². The Balaban J connectivity index is 1.73. The van der Waals surface area contributed by atoms with Crippen molar-refractivity contribution < 1.29 is 9.53 Å². The van der Waals surface area contributed by atoms with Crippen LogP contribution in [0.1, 0.15) is 45.4 Å². The molecule has 0 bridgehead atoms. The molecule has 0 aromatic rings. The molecule has 4 nitrogen and oxygen atoms in total. The highest BCUT2D eigenvalue weighted by atomic mass is 16.5. The van der Waals surface area contributed by atoms with E-state index >= 15 is 0 Å². The fourth-order valence-corrected chi connectivity index (χ4v) is 3.33. The normalized spacial score (nSPS) is 30.8. The first-order chi connectivity index (χ1) is 9.18. The lowest BCUT2D eigenvalue weighted by atomic mass is 9.80. The molecule has 4 heteroatoms. The van der Waals surface area contributed by atoms with Gasteiger partial charge >= 0.3 is 0 Å². The fraction of sp³-hybridized carbons (Fsp3) is 0.933. The van der Waals surface area contributed by atoms with Gasteiger partial charge in [-0.1, -0.05) is 26.2 Å². The maximum atomic E-state index is 12.1. The highest BCUT2D eigenvalue weighted by molar-refractivity contribution is 5.81. The van der Waals surface area contributed by atoms with E-state index in [4.69, 9.17) is 10.5 Å². The van der Waals surface area contributed by atoms with Crippen LogP contribution in [-0.4, -0.2) is 31.7 Å². The van der Waals surface area contributed by atoms with E-state index in [2.05, 4.69) is 12.2 Å². The zero-order valence-corrected chi connectivity index (χ0v) is 12.1. The molecule has 2 rings (SSSR count). The van der Waals surface area contributed by atoms with Crippen molar-refractivity contribution in [2.45, 2.75) is 51.5 Å². The van der Waals surface area contributed by atoms with Gasteiger partial charge in [-0.2, -0.15) is 0 Å². The second-order valence-electron chi connectivity index (χ2n) is 6.24. The van der Waals surface area contributed by atoms with Gasteiger partial charge in [0.2, 0.25) is 5.91 Å². The van der Waals surface area contributed by atoms with Gasteiger partial charge in [0, 0.05) is 19.8 Å². The van der Waals surface area contributed by atoms with Crippen molar-refractivity contribution in [3.63, 3.8) is 0 Å². The summed E-state index contributed by atoms with van der Waals surface area (Å²) in [5.74, 6) is 1.69. The van der Waals surface area contributed by atoms with E-state index in [1.165, 1.54) is 25.7 Å². The summed E-state index contributed by atoms with van der Waals surface area (Å²) in [7, 11) is 0. The molecule has 3 unspecified atom stereocenters. The molecule has 1 saturated carbocycles. The summed E-state index contributed by atoms with van der Waals surface area (Å²) >= 11 is 0. The van der Waals surface area contributed by atoms with Crippen LogP contribution in [0.2, 0.25) is 0 Å². The van der Waals surface area contributed by atoms with Gasteiger partial charge < -0.3 is 15.8 Å². The Hall–Kier alpha value is -0.610. The highest BCUT2D eigenvalue weighted by Gasteiger charge is 2.28. The van der Waals surface area contributed by atoms with Crippen molar-refractivity contribution >= 4 is 5.91 Å². The lowest BCUT2D eigenvalue weighted by molar-refractivity contribution is -0.124. The second kappa shape index (κ2) is 7.25. The van der Waals surface area contributed by atoms with Crippen LogP contribution in [-0.2, 0) is 9.53 Å². The van der Waals surface area contributed by atoms with Crippen LogP contribution in [0.25, 0.3) is 0 Å². The van der Waals surface area contributed by atoms with Gasteiger partial charge in [0.1, 0.15) is 0 Å². The molecule has 1 aliphatic heterocycles. The van der Waals surface area contributed by atoms with E-state index in [1.54, 1.807) is 0 Å². The maximum absolute atomic E-state index is 12.1. The Morgan fingerprint density at radius 1 is 1.26 bits per heavy atom. The number of hydrogen-bond donors (Lipinski definition) is 2. The predicted molar refractivity (Wildman–Crippen MR) is 75.7 cm³/mol. The van der Waals surface area contributed by atoms with Crippen LogP contribution in [0.3, 0.4) is 0 Å². The van der Waals surface area contributed by atoms with Gasteiger partial charge in [0.05, 0.1) is 6.04 Å². The third kappa shape index (κ3) is 4.18. The summed E-state index contributed by atoms with van der Waals surface area (Å²) < 4.78 is 5.31. The zero-order valence-electron chi connectivity index (χ0n) is 12.1. The second-order valence-corrected chi connectivity index (χ2v) is 6.24. The number of amides is 1. The largest absolute Gasteiger partial charge is 0.381 e.